The molecule has 2 aromatic carbocycles. The van der Waals surface area contributed by atoms with E-state index < -0.39 is 0 Å². The molecule has 0 aliphatic rings. The summed E-state index contributed by atoms with van der Waals surface area (Å²) in [7, 11) is 1.59. The molecule has 5 nitrogen and oxygen atoms in total. The molecule has 0 spiro atoms. The van der Waals surface area contributed by atoms with Crippen molar-refractivity contribution in [2.24, 2.45) is 0 Å². The lowest BCUT2D eigenvalue weighted by Gasteiger charge is -2.12. The SMILES string of the molecule is COCCOc1ccc(Cl)cc1C(=O)NCCc1ccc(N)cc1. The Balaban J connectivity index is 1.95. The maximum Gasteiger partial charge on any atom is 0.255 e. The Hall–Kier alpha value is -2.24. The van der Waals surface area contributed by atoms with Gasteiger partial charge in [0.2, 0.25) is 0 Å². The van der Waals surface area contributed by atoms with E-state index >= 15 is 0 Å². The summed E-state index contributed by atoms with van der Waals surface area (Å²) >= 11 is 5.99. The number of anilines is 1. The molecule has 3 N–H and O–H groups in total. The van der Waals surface area contributed by atoms with Gasteiger partial charge in [0.1, 0.15) is 12.4 Å². The molecule has 2 aromatic rings. The highest BCUT2D eigenvalue weighted by molar-refractivity contribution is 6.31. The fourth-order valence-electron chi connectivity index (χ4n) is 2.14. The van der Waals surface area contributed by atoms with E-state index in [0.717, 1.165) is 11.3 Å². The van der Waals surface area contributed by atoms with Crippen molar-refractivity contribution in [3.63, 3.8) is 0 Å². The van der Waals surface area contributed by atoms with E-state index in [4.69, 9.17) is 26.8 Å². The third-order valence-electron chi connectivity index (χ3n) is 3.41. The Morgan fingerprint density at radius 3 is 2.62 bits per heavy atom. The van der Waals surface area contributed by atoms with Crippen molar-refractivity contribution in [1.82, 2.24) is 5.32 Å². The van der Waals surface area contributed by atoms with Crippen LogP contribution in [0.2, 0.25) is 5.02 Å². The second-order valence-corrected chi connectivity index (χ2v) is 5.67. The first kappa shape index (κ1) is 18.1. The van der Waals surface area contributed by atoms with Crippen molar-refractivity contribution in [3.8, 4) is 5.75 Å². The number of hydrogen-bond donors (Lipinski definition) is 2. The van der Waals surface area contributed by atoms with Gasteiger partial charge in [0.25, 0.3) is 5.91 Å². The van der Waals surface area contributed by atoms with Gasteiger partial charge in [0.15, 0.2) is 0 Å². The Morgan fingerprint density at radius 2 is 1.92 bits per heavy atom. The Morgan fingerprint density at radius 1 is 1.17 bits per heavy atom. The van der Waals surface area contributed by atoms with Crippen LogP contribution in [0.4, 0.5) is 5.69 Å². The van der Waals surface area contributed by atoms with E-state index in [1.807, 2.05) is 24.3 Å². The largest absolute Gasteiger partial charge is 0.490 e. The third-order valence-corrected chi connectivity index (χ3v) is 3.65. The molecule has 24 heavy (non-hydrogen) atoms. The molecule has 0 aromatic heterocycles. The van der Waals surface area contributed by atoms with E-state index in [2.05, 4.69) is 5.32 Å². The number of hydrogen-bond acceptors (Lipinski definition) is 4. The molecule has 128 valence electrons. The number of rotatable bonds is 8. The topological polar surface area (TPSA) is 73.6 Å². The van der Waals surface area contributed by atoms with Gasteiger partial charge in [0, 0.05) is 24.4 Å². The van der Waals surface area contributed by atoms with Gasteiger partial charge in [0.05, 0.1) is 12.2 Å². The van der Waals surface area contributed by atoms with Crippen LogP contribution in [0, 0.1) is 0 Å². The molecule has 0 saturated carbocycles. The average molecular weight is 349 g/mol. The number of benzene rings is 2. The van der Waals surface area contributed by atoms with Crippen LogP contribution < -0.4 is 15.8 Å². The number of ether oxygens (including phenoxy) is 2. The van der Waals surface area contributed by atoms with Crippen molar-refractivity contribution < 1.29 is 14.3 Å². The number of nitrogens with two attached hydrogens (primary N) is 1. The highest BCUT2D eigenvalue weighted by Crippen LogP contribution is 2.23. The highest BCUT2D eigenvalue weighted by Gasteiger charge is 2.13. The zero-order valence-electron chi connectivity index (χ0n) is 13.5. The van der Waals surface area contributed by atoms with Crippen molar-refractivity contribution in [2.45, 2.75) is 6.42 Å². The van der Waals surface area contributed by atoms with E-state index in [9.17, 15) is 4.79 Å². The second-order valence-electron chi connectivity index (χ2n) is 5.23. The summed E-state index contributed by atoms with van der Waals surface area (Å²) in [5.41, 5.74) is 7.89. The summed E-state index contributed by atoms with van der Waals surface area (Å²) in [6, 6.07) is 12.6. The van der Waals surface area contributed by atoms with E-state index in [0.29, 0.717) is 42.5 Å². The molecule has 0 aliphatic carbocycles. The van der Waals surface area contributed by atoms with Crippen LogP contribution in [0.25, 0.3) is 0 Å². The van der Waals surface area contributed by atoms with Crippen LogP contribution in [-0.2, 0) is 11.2 Å². The van der Waals surface area contributed by atoms with Gasteiger partial charge in [-0.05, 0) is 42.3 Å². The molecule has 6 heteroatoms. The Bertz CT molecular complexity index is 674. The summed E-state index contributed by atoms with van der Waals surface area (Å²) < 4.78 is 10.5. The smallest absolute Gasteiger partial charge is 0.255 e. The summed E-state index contributed by atoms with van der Waals surface area (Å²) in [6.07, 6.45) is 0.715. The van der Waals surface area contributed by atoms with Crippen LogP contribution in [-0.4, -0.2) is 32.8 Å². The number of carbonyl (C=O) groups excluding carboxylic acids is 1. The number of amides is 1. The quantitative estimate of drug-likeness (QED) is 0.568. The first-order valence-corrected chi connectivity index (χ1v) is 8.02. The number of nitrogens with one attached hydrogen (secondary N) is 1. The lowest BCUT2D eigenvalue weighted by Crippen LogP contribution is -2.26. The fraction of sp³-hybridized carbons (Fsp3) is 0.278. The van der Waals surface area contributed by atoms with Crippen LogP contribution >= 0.6 is 11.6 Å². The maximum atomic E-state index is 12.4. The molecule has 1 amide bonds. The number of nitrogen functional groups attached to an aromatic ring is 1. The molecule has 0 aliphatic heterocycles. The summed E-state index contributed by atoms with van der Waals surface area (Å²) in [6.45, 7) is 1.32. The zero-order valence-corrected chi connectivity index (χ0v) is 14.3. The molecule has 2 rings (SSSR count). The first-order valence-electron chi connectivity index (χ1n) is 7.64. The number of carbonyl (C=O) groups is 1. The predicted molar refractivity (Wildman–Crippen MR) is 95.7 cm³/mol. The normalized spacial score (nSPS) is 10.4. The van der Waals surface area contributed by atoms with Crippen molar-refractivity contribution in [3.05, 3.63) is 58.6 Å². The number of methoxy groups -OCH3 is 1. The van der Waals surface area contributed by atoms with Gasteiger partial charge in [-0.3, -0.25) is 4.79 Å². The molecular weight excluding hydrogens is 328 g/mol. The van der Waals surface area contributed by atoms with Crippen molar-refractivity contribution in [2.75, 3.05) is 32.6 Å². The lowest BCUT2D eigenvalue weighted by atomic mass is 10.1. The minimum atomic E-state index is -0.222. The monoisotopic (exact) mass is 348 g/mol. The predicted octanol–water partition coefficient (Wildman–Crippen LogP) is 2.92. The summed E-state index contributed by atoms with van der Waals surface area (Å²) in [5.74, 6) is 0.266. The Kier molecular flexibility index (Phi) is 6.90. The molecule has 0 radical (unpaired) electrons. The molecule has 0 saturated heterocycles. The van der Waals surface area contributed by atoms with Crippen LogP contribution in [0.3, 0.4) is 0 Å². The van der Waals surface area contributed by atoms with Gasteiger partial charge in [-0.1, -0.05) is 23.7 Å². The Labute approximate surface area is 146 Å². The van der Waals surface area contributed by atoms with Gasteiger partial charge >= 0.3 is 0 Å². The minimum absolute atomic E-state index is 0.222. The van der Waals surface area contributed by atoms with Gasteiger partial charge < -0.3 is 20.5 Å². The average Bonchev–Trinajstić information content (AvgIpc) is 2.58. The molecule has 0 bridgehead atoms. The zero-order chi connectivity index (χ0) is 17.4. The second kappa shape index (κ2) is 9.15. The van der Waals surface area contributed by atoms with Gasteiger partial charge in [-0.25, -0.2) is 0 Å². The van der Waals surface area contributed by atoms with Crippen LogP contribution in [0.5, 0.6) is 5.75 Å². The highest BCUT2D eigenvalue weighted by atomic mass is 35.5. The fourth-order valence-corrected chi connectivity index (χ4v) is 2.31. The lowest BCUT2D eigenvalue weighted by molar-refractivity contribution is 0.0946. The van der Waals surface area contributed by atoms with Crippen LogP contribution in [0.1, 0.15) is 15.9 Å². The molecule has 0 heterocycles. The van der Waals surface area contributed by atoms with Crippen molar-refractivity contribution >= 4 is 23.2 Å². The van der Waals surface area contributed by atoms with Crippen molar-refractivity contribution in [1.29, 1.82) is 0 Å². The van der Waals surface area contributed by atoms with Crippen LogP contribution in [0.15, 0.2) is 42.5 Å². The first-order chi connectivity index (χ1) is 11.6. The maximum absolute atomic E-state index is 12.4. The molecular formula is C18H21ClN2O3. The minimum Gasteiger partial charge on any atom is -0.490 e. The van der Waals surface area contributed by atoms with E-state index in [1.54, 1.807) is 25.3 Å². The molecule has 0 fully saturated rings. The summed E-state index contributed by atoms with van der Waals surface area (Å²) in [4.78, 5) is 12.4. The third kappa shape index (κ3) is 5.44. The number of halogens is 1. The van der Waals surface area contributed by atoms with Gasteiger partial charge in [-0.2, -0.15) is 0 Å². The molecule has 0 atom stereocenters. The van der Waals surface area contributed by atoms with Gasteiger partial charge in [-0.15, -0.1) is 0 Å². The van der Waals surface area contributed by atoms with E-state index in [-0.39, 0.29) is 5.91 Å². The summed E-state index contributed by atoms with van der Waals surface area (Å²) in [5, 5.41) is 3.36. The standard InChI is InChI=1S/C18H21ClN2O3/c1-23-10-11-24-17-7-4-14(19)12-16(17)18(22)21-9-8-13-2-5-15(20)6-3-13/h2-7,12H,8-11,20H2,1H3,(H,21,22). The molecule has 0 unspecified atom stereocenters. The van der Waals surface area contributed by atoms with E-state index in [1.165, 1.54) is 0 Å².